The van der Waals surface area contributed by atoms with Crippen LogP contribution in [0, 0.1) is 0 Å². The van der Waals surface area contributed by atoms with Crippen molar-refractivity contribution < 1.29 is 32.3 Å². The van der Waals surface area contributed by atoms with Crippen LogP contribution in [0.15, 0.2) is 41.6 Å². The highest BCUT2D eigenvalue weighted by molar-refractivity contribution is 8.02. The molecular formula is C26H37N5O7S2. The van der Waals surface area contributed by atoms with Gasteiger partial charge in [-0.2, -0.15) is 9.40 Å². The van der Waals surface area contributed by atoms with Gasteiger partial charge in [0, 0.05) is 32.1 Å². The fourth-order valence-corrected chi connectivity index (χ4v) is 7.25. The lowest BCUT2D eigenvalue weighted by atomic mass is 10.0. The molecule has 0 spiro atoms. The summed E-state index contributed by atoms with van der Waals surface area (Å²) in [4.78, 5) is 39.7. The van der Waals surface area contributed by atoms with Crippen molar-refractivity contribution in [1.29, 1.82) is 0 Å². The molecule has 1 N–H and O–H groups in total. The molecule has 2 heterocycles. The smallest absolute Gasteiger partial charge is 0.414 e. The average molecular weight is 596 g/mol. The fourth-order valence-electron chi connectivity index (χ4n) is 4.09. The van der Waals surface area contributed by atoms with E-state index < -0.39 is 50.9 Å². The molecule has 3 rings (SSSR count). The third-order valence-corrected chi connectivity index (χ3v) is 9.52. The van der Waals surface area contributed by atoms with Gasteiger partial charge in [-0.3, -0.25) is 9.48 Å². The molecule has 0 bridgehead atoms. The van der Waals surface area contributed by atoms with Crippen LogP contribution in [-0.4, -0.2) is 88.3 Å². The third-order valence-electron chi connectivity index (χ3n) is 6.21. The van der Waals surface area contributed by atoms with Crippen LogP contribution < -0.4 is 10.1 Å². The van der Waals surface area contributed by atoms with E-state index in [-0.39, 0.29) is 17.2 Å². The van der Waals surface area contributed by atoms with Gasteiger partial charge in [-0.15, -0.1) is 11.8 Å². The fraction of sp³-hybridized carbons (Fsp3) is 0.538. The van der Waals surface area contributed by atoms with E-state index in [2.05, 4.69) is 10.4 Å². The zero-order valence-corrected chi connectivity index (χ0v) is 25.4. The van der Waals surface area contributed by atoms with Crippen LogP contribution in [0.25, 0.3) is 0 Å². The van der Waals surface area contributed by atoms with E-state index >= 15 is 0 Å². The molecule has 1 aliphatic rings. The summed E-state index contributed by atoms with van der Waals surface area (Å²) in [5, 5.41) is 6.73. The van der Waals surface area contributed by atoms with Gasteiger partial charge in [0.05, 0.1) is 18.2 Å². The number of esters is 1. The predicted molar refractivity (Wildman–Crippen MR) is 150 cm³/mol. The molecule has 14 heteroatoms. The first-order valence-electron chi connectivity index (χ1n) is 12.7. The van der Waals surface area contributed by atoms with E-state index in [9.17, 15) is 22.8 Å². The molecule has 1 aromatic heterocycles. The predicted octanol–water partition coefficient (Wildman–Crippen LogP) is 2.39. The first-order chi connectivity index (χ1) is 18.6. The Balaban J connectivity index is 1.78. The lowest BCUT2D eigenvalue weighted by Gasteiger charge is -2.31. The number of hydrogen-bond acceptors (Lipinski definition) is 9. The molecule has 2 amide bonds. The number of aromatic nitrogens is 2. The summed E-state index contributed by atoms with van der Waals surface area (Å²) in [5.74, 6) is -0.736. The number of nitrogens with one attached hydrogen (secondary N) is 1. The molecule has 0 radical (unpaired) electrons. The summed E-state index contributed by atoms with van der Waals surface area (Å²) in [7, 11) is 0.761. The van der Waals surface area contributed by atoms with E-state index in [1.54, 1.807) is 73.1 Å². The van der Waals surface area contributed by atoms with Crippen LogP contribution in [0.2, 0.25) is 0 Å². The van der Waals surface area contributed by atoms with E-state index in [1.165, 1.54) is 33.7 Å². The zero-order valence-electron chi connectivity index (χ0n) is 23.8. The highest BCUT2D eigenvalue weighted by Gasteiger charge is 2.51. The Labute approximate surface area is 239 Å². The lowest BCUT2D eigenvalue weighted by molar-refractivity contribution is -0.152. The molecule has 2 aromatic rings. The molecule has 1 aromatic carbocycles. The van der Waals surface area contributed by atoms with Crippen LogP contribution >= 0.6 is 11.8 Å². The Morgan fingerprint density at radius 3 is 2.40 bits per heavy atom. The monoisotopic (exact) mass is 595 g/mol. The number of carbonyl (C=O) groups is 3. The molecule has 1 unspecified atom stereocenters. The minimum atomic E-state index is -4.02. The van der Waals surface area contributed by atoms with E-state index in [1.807, 2.05) is 0 Å². The molecule has 1 aliphatic heterocycles. The number of aryl methyl sites for hydroxylation is 2. The molecule has 0 aliphatic carbocycles. The van der Waals surface area contributed by atoms with Gasteiger partial charge in [0.15, 0.2) is 0 Å². The Kier molecular flexibility index (Phi) is 9.90. The number of nitrogens with zero attached hydrogens (tertiary/aromatic N) is 4. The first kappa shape index (κ1) is 31.4. The Morgan fingerprint density at radius 2 is 1.85 bits per heavy atom. The second-order valence-electron chi connectivity index (χ2n) is 10.5. The van der Waals surface area contributed by atoms with Gasteiger partial charge in [-0.05, 0) is 58.2 Å². The molecule has 1 fully saturated rings. The summed E-state index contributed by atoms with van der Waals surface area (Å²) in [6.45, 7) is 7.02. The van der Waals surface area contributed by atoms with Crippen molar-refractivity contribution >= 4 is 39.8 Å². The number of carbonyl (C=O) groups excluding carboxylic acids is 3. The van der Waals surface area contributed by atoms with E-state index in [4.69, 9.17) is 9.47 Å². The maximum atomic E-state index is 13.7. The van der Waals surface area contributed by atoms with Crippen molar-refractivity contribution in [3.63, 3.8) is 0 Å². The molecular weight excluding hydrogens is 558 g/mol. The van der Waals surface area contributed by atoms with Crippen molar-refractivity contribution in [3.05, 3.63) is 42.2 Å². The van der Waals surface area contributed by atoms with Gasteiger partial charge in [-0.1, -0.05) is 12.1 Å². The molecule has 40 heavy (non-hydrogen) atoms. The van der Waals surface area contributed by atoms with Crippen LogP contribution in [0.5, 0.6) is 5.75 Å². The summed E-state index contributed by atoms with van der Waals surface area (Å²) >= 11 is 1.34. The number of thioether (sulfide) groups is 1. The average Bonchev–Trinajstić information content (AvgIpc) is 3.45. The SMILES string of the molecule is CC(C)OC(=O)[C@H](CCc1ccc(OC(=O)N(C)C)cc1)NC(=O)C1N(S(=O)(=O)c2cnn(C)c2)CSC1(C)C. The largest absolute Gasteiger partial charge is 0.461 e. The minimum Gasteiger partial charge on any atom is -0.461 e. The van der Waals surface area contributed by atoms with E-state index in [0.717, 1.165) is 9.87 Å². The van der Waals surface area contributed by atoms with Gasteiger partial charge in [0.25, 0.3) is 0 Å². The number of benzene rings is 1. The van der Waals surface area contributed by atoms with Crippen LogP contribution in [0.4, 0.5) is 4.79 Å². The molecule has 12 nitrogen and oxygen atoms in total. The normalized spacial score (nSPS) is 17.9. The highest BCUT2D eigenvalue weighted by atomic mass is 32.2. The molecule has 2 atom stereocenters. The summed E-state index contributed by atoms with van der Waals surface area (Å²) in [6, 6.07) is 4.76. The van der Waals surface area contributed by atoms with Crippen LogP contribution in [0.1, 0.15) is 39.7 Å². The van der Waals surface area contributed by atoms with Gasteiger partial charge in [0.1, 0.15) is 22.7 Å². The Hall–Kier alpha value is -3.10. The molecule has 1 saturated heterocycles. The number of rotatable bonds is 10. The molecule has 0 saturated carbocycles. The van der Waals surface area contributed by atoms with E-state index in [0.29, 0.717) is 12.2 Å². The van der Waals surface area contributed by atoms with Crippen LogP contribution in [-0.2, 0) is 37.8 Å². The van der Waals surface area contributed by atoms with Gasteiger partial charge in [-0.25, -0.2) is 18.0 Å². The summed E-state index contributed by atoms with van der Waals surface area (Å²) in [5.41, 5.74) is 0.846. The maximum absolute atomic E-state index is 13.7. The minimum absolute atomic E-state index is 0.0124. The number of sulfonamides is 1. The quantitative estimate of drug-likeness (QED) is 0.410. The topological polar surface area (TPSA) is 140 Å². The number of ether oxygens (including phenoxy) is 2. The zero-order chi connectivity index (χ0) is 29.8. The molecule has 220 valence electrons. The standard InChI is InChI=1S/C26H37N5O7S2/c1-17(2)37-24(33)21(13-10-18-8-11-19(12-9-18)38-25(34)29(5)6)28-23(32)22-26(3,4)39-16-31(22)40(35,36)20-14-27-30(7)15-20/h8-9,11-12,14-15,17,21-22H,10,13,16H2,1-7H3,(H,28,32)/t21-,22?/m0/s1. The Morgan fingerprint density at radius 1 is 1.20 bits per heavy atom. The first-order valence-corrected chi connectivity index (χ1v) is 15.2. The van der Waals surface area contributed by atoms with Crippen molar-refractivity contribution in [3.8, 4) is 5.75 Å². The second kappa shape index (κ2) is 12.6. The van der Waals surface area contributed by atoms with Crippen LogP contribution in [0.3, 0.4) is 0 Å². The number of amides is 2. The van der Waals surface area contributed by atoms with Crippen molar-refractivity contribution in [2.45, 2.75) is 68.4 Å². The third kappa shape index (κ3) is 7.55. The van der Waals surface area contributed by atoms with Gasteiger partial charge in [0.2, 0.25) is 15.9 Å². The second-order valence-corrected chi connectivity index (χ2v) is 14.0. The van der Waals surface area contributed by atoms with Gasteiger partial charge >= 0.3 is 12.1 Å². The Bertz CT molecular complexity index is 1320. The van der Waals surface area contributed by atoms with Crippen molar-refractivity contribution in [2.75, 3.05) is 20.0 Å². The van der Waals surface area contributed by atoms with Gasteiger partial charge < -0.3 is 19.7 Å². The highest BCUT2D eigenvalue weighted by Crippen LogP contribution is 2.42. The number of hydrogen-bond donors (Lipinski definition) is 1. The van der Waals surface area contributed by atoms with Crippen molar-refractivity contribution in [2.24, 2.45) is 7.05 Å². The lowest BCUT2D eigenvalue weighted by Crippen LogP contribution is -2.56. The summed E-state index contributed by atoms with van der Waals surface area (Å²) < 4.78 is 39.2. The maximum Gasteiger partial charge on any atom is 0.414 e. The summed E-state index contributed by atoms with van der Waals surface area (Å²) in [6.07, 6.45) is 2.34. The van der Waals surface area contributed by atoms with Crippen molar-refractivity contribution in [1.82, 2.24) is 24.3 Å².